The van der Waals surface area contributed by atoms with E-state index >= 15 is 0 Å². The molecule has 6 nitrogen and oxygen atoms in total. The molecule has 1 N–H and O–H groups in total. The predicted molar refractivity (Wildman–Crippen MR) is 117 cm³/mol. The van der Waals surface area contributed by atoms with Crippen molar-refractivity contribution in [1.29, 1.82) is 5.41 Å². The van der Waals surface area contributed by atoms with Gasteiger partial charge >= 0.3 is 0 Å². The highest BCUT2D eigenvalue weighted by molar-refractivity contribution is 8.27. The summed E-state index contributed by atoms with van der Waals surface area (Å²) in [5, 5.41) is 15.6. The molecule has 2 aliphatic rings. The third-order valence-electron chi connectivity index (χ3n) is 4.38. The molecule has 0 saturated heterocycles. The number of ether oxygens (including phenoxy) is 1. The minimum atomic E-state index is -0.426. The molecule has 7 heteroatoms. The van der Waals surface area contributed by atoms with Gasteiger partial charge in [0.15, 0.2) is 5.84 Å². The van der Waals surface area contributed by atoms with Crippen LogP contribution in [0.4, 0.5) is 0 Å². The van der Waals surface area contributed by atoms with E-state index in [2.05, 4.69) is 10.1 Å². The fourth-order valence-corrected chi connectivity index (χ4v) is 3.73. The average Bonchev–Trinajstić information content (AvgIpc) is 3.15. The van der Waals surface area contributed by atoms with Crippen molar-refractivity contribution in [2.24, 2.45) is 16.0 Å². The van der Waals surface area contributed by atoms with Crippen LogP contribution in [0.3, 0.4) is 0 Å². The lowest BCUT2D eigenvalue weighted by molar-refractivity contribution is -0.114. The number of aliphatic imine (C=N–C) groups is 1. The van der Waals surface area contributed by atoms with Crippen LogP contribution >= 0.6 is 11.8 Å². The molecular weight excluding hydrogens is 384 g/mol. The maximum absolute atomic E-state index is 12.5. The van der Waals surface area contributed by atoms with E-state index < -0.39 is 5.91 Å². The molecule has 0 fully saturated rings. The first-order chi connectivity index (χ1) is 14.0. The quantitative estimate of drug-likeness (QED) is 0.742. The van der Waals surface area contributed by atoms with E-state index in [0.29, 0.717) is 17.5 Å². The Morgan fingerprint density at radius 2 is 1.97 bits per heavy atom. The molecule has 0 spiro atoms. The minimum absolute atomic E-state index is 0.0405. The van der Waals surface area contributed by atoms with Gasteiger partial charge in [0.2, 0.25) is 5.17 Å². The summed E-state index contributed by atoms with van der Waals surface area (Å²) >= 11 is 1.34. The molecular formula is C22H20N4O2S. The van der Waals surface area contributed by atoms with Crippen molar-refractivity contribution in [3.8, 4) is 5.75 Å². The molecule has 2 aliphatic heterocycles. The average molecular weight is 404 g/mol. The van der Waals surface area contributed by atoms with Crippen molar-refractivity contribution in [3.63, 3.8) is 0 Å². The number of nitrogens with one attached hydrogen (secondary N) is 1. The summed E-state index contributed by atoms with van der Waals surface area (Å²) < 4.78 is 5.85. The van der Waals surface area contributed by atoms with Gasteiger partial charge in [0, 0.05) is 5.92 Å². The van der Waals surface area contributed by atoms with Crippen LogP contribution in [0.25, 0.3) is 6.08 Å². The van der Waals surface area contributed by atoms with E-state index in [0.717, 1.165) is 16.2 Å². The number of nitrogens with zero attached hydrogens (tertiary/aromatic N) is 3. The van der Waals surface area contributed by atoms with Crippen molar-refractivity contribution in [3.05, 3.63) is 71.3 Å². The molecule has 0 aliphatic carbocycles. The van der Waals surface area contributed by atoms with Gasteiger partial charge in [0.1, 0.15) is 17.4 Å². The first-order valence-corrected chi connectivity index (χ1v) is 10.1. The SMILES string of the molecule is CC(C)C1=NN2C(=N)/C(=C/c3cccc(OCc4ccccc4)c3)C(=O)N=C2S1. The molecule has 2 aromatic rings. The Kier molecular flexibility index (Phi) is 5.31. The van der Waals surface area contributed by atoms with Crippen LogP contribution in [0.1, 0.15) is 25.0 Å². The minimum Gasteiger partial charge on any atom is -0.489 e. The Morgan fingerprint density at radius 1 is 1.17 bits per heavy atom. The second-order valence-corrected chi connectivity index (χ2v) is 7.95. The number of rotatable bonds is 5. The summed E-state index contributed by atoms with van der Waals surface area (Å²) in [6.07, 6.45) is 1.66. The number of thioether (sulfide) groups is 1. The molecule has 0 aromatic heterocycles. The van der Waals surface area contributed by atoms with Crippen LogP contribution in [-0.2, 0) is 11.4 Å². The molecule has 0 radical (unpaired) electrons. The molecule has 2 heterocycles. The van der Waals surface area contributed by atoms with Gasteiger partial charge < -0.3 is 4.74 Å². The summed E-state index contributed by atoms with van der Waals surface area (Å²) in [6.45, 7) is 4.50. The first-order valence-electron chi connectivity index (χ1n) is 9.28. The number of carbonyl (C=O) groups is 1. The van der Waals surface area contributed by atoms with E-state index in [1.54, 1.807) is 6.08 Å². The monoisotopic (exact) mass is 404 g/mol. The molecule has 29 heavy (non-hydrogen) atoms. The van der Waals surface area contributed by atoms with Crippen LogP contribution in [0.15, 0.2) is 70.3 Å². The zero-order valence-corrected chi connectivity index (χ0v) is 16.9. The van der Waals surface area contributed by atoms with Crippen LogP contribution in [0, 0.1) is 11.3 Å². The first kappa shape index (κ1) is 19.1. The molecule has 1 amide bonds. The van der Waals surface area contributed by atoms with Gasteiger partial charge in [-0.15, -0.1) is 0 Å². The normalized spacial score (nSPS) is 17.5. The number of hydrogen-bond acceptors (Lipinski definition) is 5. The van der Waals surface area contributed by atoms with E-state index in [1.807, 2.05) is 68.4 Å². The number of benzene rings is 2. The third-order valence-corrected chi connectivity index (χ3v) is 5.59. The Hall–Kier alpha value is -3.19. The van der Waals surface area contributed by atoms with Crippen molar-refractivity contribution in [1.82, 2.24) is 5.01 Å². The van der Waals surface area contributed by atoms with Gasteiger partial charge in [0.05, 0.1) is 5.57 Å². The second kappa shape index (κ2) is 8.05. The summed E-state index contributed by atoms with van der Waals surface area (Å²) in [6, 6.07) is 17.3. The smallest absolute Gasteiger partial charge is 0.283 e. The second-order valence-electron chi connectivity index (χ2n) is 6.96. The molecule has 0 bridgehead atoms. The maximum Gasteiger partial charge on any atom is 0.283 e. The number of hydrogen-bond donors (Lipinski definition) is 1. The third kappa shape index (κ3) is 4.14. The van der Waals surface area contributed by atoms with Gasteiger partial charge in [-0.25, -0.2) is 0 Å². The molecule has 0 saturated carbocycles. The lowest BCUT2D eigenvalue weighted by Gasteiger charge is -2.20. The van der Waals surface area contributed by atoms with Gasteiger partial charge in [-0.2, -0.15) is 15.1 Å². The maximum atomic E-state index is 12.5. The largest absolute Gasteiger partial charge is 0.489 e. The number of hydrazone groups is 1. The van der Waals surface area contributed by atoms with Gasteiger partial charge in [-0.1, -0.05) is 56.3 Å². The standard InChI is InChI=1S/C22H20N4O2S/c1-14(2)21-25-26-19(23)18(20(27)24-22(26)29-21)12-16-9-6-10-17(11-16)28-13-15-7-4-3-5-8-15/h3-12,14,23H,13H2,1-2H3/b18-12-,23-19?. The molecule has 146 valence electrons. The summed E-state index contributed by atoms with van der Waals surface area (Å²) in [5.74, 6) is 0.518. The van der Waals surface area contributed by atoms with Crippen molar-refractivity contribution in [2.75, 3.05) is 0 Å². The Bertz CT molecular complexity index is 1060. The van der Waals surface area contributed by atoms with E-state index in [4.69, 9.17) is 10.1 Å². The molecule has 0 atom stereocenters. The lowest BCUT2D eigenvalue weighted by Crippen LogP contribution is -2.35. The summed E-state index contributed by atoms with van der Waals surface area (Å²) in [4.78, 5) is 16.6. The number of carbonyl (C=O) groups excluding carboxylic acids is 1. The van der Waals surface area contributed by atoms with Crippen molar-refractivity contribution >= 4 is 39.8 Å². The molecule has 0 unspecified atom stereocenters. The van der Waals surface area contributed by atoms with Crippen LogP contribution in [0.2, 0.25) is 0 Å². The molecule has 2 aromatic carbocycles. The number of fused-ring (bicyclic) bond motifs is 1. The van der Waals surface area contributed by atoms with Crippen LogP contribution in [0.5, 0.6) is 5.75 Å². The van der Waals surface area contributed by atoms with Gasteiger partial charge in [0.25, 0.3) is 5.91 Å². The topological polar surface area (TPSA) is 78.1 Å². The highest BCUT2D eigenvalue weighted by Crippen LogP contribution is 2.31. The lowest BCUT2D eigenvalue weighted by atomic mass is 10.1. The highest BCUT2D eigenvalue weighted by atomic mass is 32.2. The Balaban J connectivity index is 1.55. The van der Waals surface area contributed by atoms with Crippen molar-refractivity contribution < 1.29 is 9.53 Å². The van der Waals surface area contributed by atoms with Crippen molar-refractivity contribution in [2.45, 2.75) is 20.5 Å². The van der Waals surface area contributed by atoms with Crippen LogP contribution in [-0.4, -0.2) is 27.0 Å². The zero-order chi connectivity index (χ0) is 20.4. The Labute approximate surface area is 173 Å². The summed E-state index contributed by atoms with van der Waals surface area (Å²) in [5.41, 5.74) is 2.05. The summed E-state index contributed by atoms with van der Waals surface area (Å²) in [7, 11) is 0. The van der Waals surface area contributed by atoms with Gasteiger partial charge in [-0.3, -0.25) is 10.2 Å². The number of amides is 1. The fourth-order valence-electron chi connectivity index (χ4n) is 2.84. The highest BCUT2D eigenvalue weighted by Gasteiger charge is 2.36. The van der Waals surface area contributed by atoms with E-state index in [1.165, 1.54) is 16.8 Å². The Morgan fingerprint density at radius 3 is 2.72 bits per heavy atom. The van der Waals surface area contributed by atoms with Gasteiger partial charge in [-0.05, 0) is 41.1 Å². The zero-order valence-electron chi connectivity index (χ0n) is 16.1. The van der Waals surface area contributed by atoms with Crippen LogP contribution < -0.4 is 4.74 Å². The fraction of sp³-hybridized carbons (Fsp3) is 0.182. The molecule has 4 rings (SSSR count). The van der Waals surface area contributed by atoms with E-state index in [9.17, 15) is 4.79 Å². The van der Waals surface area contributed by atoms with E-state index in [-0.39, 0.29) is 17.3 Å². The number of amidine groups is 2. The predicted octanol–water partition coefficient (Wildman–Crippen LogP) is 4.54.